The van der Waals surface area contributed by atoms with Crippen LogP contribution < -0.4 is 11.2 Å². The molecule has 0 unspecified atom stereocenters. The standard InChI is InChI=1S/C19H20FN7O2S/c1-24-11-21-16-14(24)17(28)27(19(29)26(16)3)9-4-10-30-18-23-22-15(25(18)2)12-5-7-13(20)8-6-12/h5-8,11H,4,9-10H2,1-3H3. The molecule has 30 heavy (non-hydrogen) atoms. The summed E-state index contributed by atoms with van der Waals surface area (Å²) in [5.41, 5.74) is 0.842. The van der Waals surface area contributed by atoms with Crippen molar-refractivity contribution in [2.24, 2.45) is 21.1 Å². The zero-order chi connectivity index (χ0) is 21.4. The third kappa shape index (κ3) is 3.45. The molecule has 11 heteroatoms. The Morgan fingerprint density at radius 1 is 1.03 bits per heavy atom. The lowest BCUT2D eigenvalue weighted by Crippen LogP contribution is -2.39. The second-order valence-corrected chi connectivity index (χ2v) is 7.96. The molecule has 4 rings (SSSR count). The van der Waals surface area contributed by atoms with Crippen LogP contribution in [-0.4, -0.2) is 39.2 Å². The highest BCUT2D eigenvalue weighted by atomic mass is 32.2. The molecule has 0 atom stereocenters. The zero-order valence-corrected chi connectivity index (χ0v) is 17.6. The SMILES string of the molecule is Cn1c(SCCCn2c(=O)c3c(ncn3C)n(C)c2=O)nnc1-c1ccc(F)cc1. The van der Waals surface area contributed by atoms with E-state index in [9.17, 15) is 14.0 Å². The fourth-order valence-electron chi connectivity index (χ4n) is 3.27. The largest absolute Gasteiger partial charge is 0.332 e. The predicted octanol–water partition coefficient (Wildman–Crippen LogP) is 1.55. The Bertz CT molecular complexity index is 1330. The number of aromatic nitrogens is 7. The molecule has 0 saturated carbocycles. The highest BCUT2D eigenvalue weighted by Gasteiger charge is 2.15. The first-order chi connectivity index (χ1) is 14.4. The smallest absolute Gasteiger partial charge is 0.328 e. The summed E-state index contributed by atoms with van der Waals surface area (Å²) in [5, 5.41) is 9.08. The highest BCUT2D eigenvalue weighted by Crippen LogP contribution is 2.23. The van der Waals surface area contributed by atoms with E-state index in [1.54, 1.807) is 30.8 Å². The van der Waals surface area contributed by atoms with Gasteiger partial charge in [-0.2, -0.15) is 0 Å². The zero-order valence-electron chi connectivity index (χ0n) is 16.7. The normalized spacial score (nSPS) is 11.5. The first-order valence-electron chi connectivity index (χ1n) is 9.27. The van der Waals surface area contributed by atoms with Gasteiger partial charge in [0, 0.05) is 39.0 Å². The van der Waals surface area contributed by atoms with Gasteiger partial charge in [-0.05, 0) is 30.7 Å². The Morgan fingerprint density at radius 2 is 1.77 bits per heavy atom. The molecule has 0 bridgehead atoms. The van der Waals surface area contributed by atoms with E-state index in [0.717, 1.165) is 5.56 Å². The van der Waals surface area contributed by atoms with Gasteiger partial charge in [0.25, 0.3) is 5.56 Å². The number of imidazole rings is 1. The van der Waals surface area contributed by atoms with Crippen molar-refractivity contribution in [3.63, 3.8) is 0 Å². The van der Waals surface area contributed by atoms with Crippen LogP contribution in [0.1, 0.15) is 6.42 Å². The first-order valence-corrected chi connectivity index (χ1v) is 10.3. The van der Waals surface area contributed by atoms with Gasteiger partial charge in [0.05, 0.1) is 6.33 Å². The Morgan fingerprint density at radius 3 is 2.50 bits per heavy atom. The summed E-state index contributed by atoms with van der Waals surface area (Å²) >= 11 is 1.48. The van der Waals surface area contributed by atoms with E-state index in [1.165, 1.54) is 39.4 Å². The van der Waals surface area contributed by atoms with Crippen LogP contribution in [0.15, 0.2) is 45.3 Å². The Labute approximate surface area is 174 Å². The van der Waals surface area contributed by atoms with E-state index in [2.05, 4.69) is 15.2 Å². The molecule has 4 aromatic rings. The molecule has 0 amide bonds. The van der Waals surface area contributed by atoms with Crippen LogP contribution >= 0.6 is 11.8 Å². The molecule has 0 aliphatic heterocycles. The molecule has 3 heterocycles. The van der Waals surface area contributed by atoms with Crippen molar-refractivity contribution < 1.29 is 4.39 Å². The predicted molar refractivity (Wildman–Crippen MR) is 112 cm³/mol. The summed E-state index contributed by atoms with van der Waals surface area (Å²) < 4.78 is 19.2. The van der Waals surface area contributed by atoms with E-state index in [-0.39, 0.29) is 17.1 Å². The molecular formula is C19H20FN7O2S. The molecular weight excluding hydrogens is 409 g/mol. The second-order valence-electron chi connectivity index (χ2n) is 6.90. The second kappa shape index (κ2) is 7.90. The summed E-state index contributed by atoms with van der Waals surface area (Å²) in [6, 6.07) is 6.08. The fourth-order valence-corrected chi connectivity index (χ4v) is 4.11. The molecule has 0 aliphatic carbocycles. The molecule has 9 nitrogen and oxygen atoms in total. The number of thioether (sulfide) groups is 1. The number of aryl methyl sites for hydroxylation is 2. The van der Waals surface area contributed by atoms with Crippen LogP contribution in [-0.2, 0) is 27.7 Å². The van der Waals surface area contributed by atoms with Crippen LogP contribution in [0.5, 0.6) is 0 Å². The molecule has 0 N–H and O–H groups in total. The molecule has 1 aromatic carbocycles. The summed E-state index contributed by atoms with van der Waals surface area (Å²) in [7, 11) is 5.19. The summed E-state index contributed by atoms with van der Waals surface area (Å²) in [6.07, 6.45) is 2.13. The van der Waals surface area contributed by atoms with Gasteiger partial charge in [-0.3, -0.25) is 13.9 Å². The quantitative estimate of drug-likeness (QED) is 0.341. The van der Waals surface area contributed by atoms with Gasteiger partial charge >= 0.3 is 5.69 Å². The van der Waals surface area contributed by atoms with Gasteiger partial charge in [-0.15, -0.1) is 10.2 Å². The van der Waals surface area contributed by atoms with Crippen molar-refractivity contribution in [1.82, 2.24) is 33.4 Å². The monoisotopic (exact) mass is 429 g/mol. The minimum absolute atomic E-state index is 0.294. The number of fused-ring (bicyclic) bond motifs is 1. The first kappa shape index (κ1) is 20.1. The maximum atomic E-state index is 13.1. The molecule has 0 radical (unpaired) electrons. The number of hydrogen-bond acceptors (Lipinski definition) is 6. The van der Waals surface area contributed by atoms with Crippen LogP contribution in [0.25, 0.3) is 22.6 Å². The fraction of sp³-hybridized carbons (Fsp3) is 0.316. The summed E-state index contributed by atoms with van der Waals surface area (Å²) in [4.78, 5) is 29.4. The van der Waals surface area contributed by atoms with E-state index in [1.807, 2.05) is 11.6 Å². The number of hydrogen-bond donors (Lipinski definition) is 0. The number of rotatable bonds is 6. The lowest BCUT2D eigenvalue weighted by molar-refractivity contribution is 0.594. The molecule has 0 fully saturated rings. The Kier molecular flexibility index (Phi) is 5.29. The molecule has 3 aromatic heterocycles. The molecule has 0 spiro atoms. The van der Waals surface area contributed by atoms with Gasteiger partial charge in [0.2, 0.25) is 0 Å². The lowest BCUT2D eigenvalue weighted by atomic mass is 10.2. The van der Waals surface area contributed by atoms with Crippen LogP contribution in [0.2, 0.25) is 0 Å². The molecule has 156 valence electrons. The van der Waals surface area contributed by atoms with Crippen molar-refractivity contribution in [2.75, 3.05) is 5.75 Å². The Balaban J connectivity index is 1.46. The maximum absolute atomic E-state index is 13.1. The van der Waals surface area contributed by atoms with Crippen molar-refractivity contribution in [1.29, 1.82) is 0 Å². The van der Waals surface area contributed by atoms with Crippen molar-refractivity contribution in [3.8, 4) is 11.4 Å². The molecule has 0 saturated heterocycles. The van der Waals surface area contributed by atoms with Crippen molar-refractivity contribution in [2.45, 2.75) is 18.1 Å². The van der Waals surface area contributed by atoms with Crippen molar-refractivity contribution in [3.05, 3.63) is 57.2 Å². The van der Waals surface area contributed by atoms with Crippen LogP contribution in [0.3, 0.4) is 0 Å². The van der Waals surface area contributed by atoms with E-state index in [0.29, 0.717) is 40.9 Å². The number of nitrogens with zero attached hydrogens (tertiary/aromatic N) is 7. The van der Waals surface area contributed by atoms with E-state index in [4.69, 9.17) is 0 Å². The molecule has 0 aliphatic rings. The topological polar surface area (TPSA) is 92.5 Å². The average Bonchev–Trinajstić information content (AvgIpc) is 3.29. The Hall–Kier alpha value is -3.21. The van der Waals surface area contributed by atoms with Crippen LogP contribution in [0.4, 0.5) is 4.39 Å². The summed E-state index contributed by atoms with van der Waals surface area (Å²) in [6.45, 7) is 0.294. The third-order valence-electron chi connectivity index (χ3n) is 4.90. The van der Waals surface area contributed by atoms with Gasteiger partial charge in [-0.1, -0.05) is 11.8 Å². The lowest BCUT2D eigenvalue weighted by Gasteiger charge is -2.08. The number of halogens is 1. The maximum Gasteiger partial charge on any atom is 0.332 e. The van der Waals surface area contributed by atoms with E-state index >= 15 is 0 Å². The average molecular weight is 429 g/mol. The minimum atomic E-state index is -0.381. The number of benzene rings is 1. The van der Waals surface area contributed by atoms with Gasteiger partial charge in [-0.25, -0.2) is 14.2 Å². The third-order valence-corrected chi connectivity index (χ3v) is 6.00. The van der Waals surface area contributed by atoms with Gasteiger partial charge < -0.3 is 9.13 Å². The van der Waals surface area contributed by atoms with Gasteiger partial charge in [0.15, 0.2) is 22.1 Å². The summed E-state index contributed by atoms with van der Waals surface area (Å²) in [5.74, 6) is 0.986. The minimum Gasteiger partial charge on any atom is -0.328 e. The van der Waals surface area contributed by atoms with Crippen molar-refractivity contribution >= 4 is 22.9 Å². The highest BCUT2D eigenvalue weighted by molar-refractivity contribution is 7.99. The van der Waals surface area contributed by atoms with E-state index < -0.39 is 0 Å². The van der Waals surface area contributed by atoms with Crippen LogP contribution in [0, 0.1) is 5.82 Å². The van der Waals surface area contributed by atoms with Gasteiger partial charge in [0.1, 0.15) is 5.82 Å².